The quantitative estimate of drug-likeness (QED) is 0.337. The van der Waals surface area contributed by atoms with Crippen LogP contribution in [0.3, 0.4) is 0 Å². The average molecular weight is 643 g/mol. The lowest BCUT2D eigenvalue weighted by Gasteiger charge is -2.33. The molecule has 242 valence electrons. The number of amides is 1. The number of methoxy groups -OCH3 is 1. The van der Waals surface area contributed by atoms with Crippen LogP contribution in [0, 0.1) is 35.2 Å². The summed E-state index contributed by atoms with van der Waals surface area (Å²) in [4.78, 5) is 13.1. The number of aliphatic hydroxyl groups is 1. The molecule has 2 bridgehead atoms. The lowest BCUT2D eigenvalue weighted by Crippen LogP contribution is -2.52. The van der Waals surface area contributed by atoms with Crippen LogP contribution in [-0.2, 0) is 30.7 Å². The number of halogens is 3. The van der Waals surface area contributed by atoms with Gasteiger partial charge in [-0.25, -0.2) is 26.4 Å². The molecule has 2 aromatic rings. The number of carbonyl (C=O) groups excluding carboxylic acids is 1. The fourth-order valence-electron chi connectivity index (χ4n) is 6.23. The van der Waals surface area contributed by atoms with E-state index in [9.17, 15) is 31.5 Å². The van der Waals surface area contributed by atoms with Crippen LogP contribution < -0.4 is 10.1 Å². The molecule has 2 N–H and O–H groups in total. The van der Waals surface area contributed by atoms with E-state index in [1.54, 1.807) is 13.8 Å². The maximum Gasteiger partial charge on any atom is 0.407 e. The van der Waals surface area contributed by atoms with Crippen LogP contribution in [0.5, 0.6) is 5.75 Å². The third-order valence-corrected chi connectivity index (χ3v) is 10.2. The van der Waals surface area contributed by atoms with Crippen molar-refractivity contribution in [3.8, 4) is 5.75 Å². The zero-order valence-corrected chi connectivity index (χ0v) is 25.4. The molecule has 7 atom stereocenters. The van der Waals surface area contributed by atoms with Gasteiger partial charge in [-0.15, -0.1) is 0 Å². The van der Waals surface area contributed by atoms with Gasteiger partial charge in [-0.05, 0) is 60.7 Å². The smallest absolute Gasteiger partial charge is 0.407 e. The zero-order valence-electron chi connectivity index (χ0n) is 24.6. The van der Waals surface area contributed by atoms with Gasteiger partial charge in [-0.1, -0.05) is 13.8 Å². The van der Waals surface area contributed by atoms with Crippen LogP contribution in [0.2, 0.25) is 0 Å². The first-order chi connectivity index (χ1) is 20.8. The zero-order chi connectivity index (χ0) is 31.8. The molecular weight excluding hydrogens is 605 g/mol. The number of nitrogens with zero attached hydrogens (tertiary/aromatic N) is 1. The van der Waals surface area contributed by atoms with Crippen LogP contribution in [0.1, 0.15) is 32.3 Å². The fourth-order valence-corrected chi connectivity index (χ4v) is 7.85. The normalized spacial score (nSPS) is 25.7. The van der Waals surface area contributed by atoms with Crippen LogP contribution in [0.25, 0.3) is 0 Å². The summed E-state index contributed by atoms with van der Waals surface area (Å²) in [7, 11) is -2.68. The van der Waals surface area contributed by atoms with Crippen LogP contribution in [0.4, 0.5) is 18.0 Å². The van der Waals surface area contributed by atoms with E-state index in [0.29, 0.717) is 18.8 Å². The summed E-state index contributed by atoms with van der Waals surface area (Å²) in [6.07, 6.45) is -2.48. The Morgan fingerprint density at radius 2 is 1.77 bits per heavy atom. The van der Waals surface area contributed by atoms with Gasteiger partial charge in [0.1, 0.15) is 11.9 Å². The Bertz CT molecular complexity index is 1420. The van der Waals surface area contributed by atoms with Crippen molar-refractivity contribution in [3.05, 3.63) is 59.4 Å². The van der Waals surface area contributed by atoms with Gasteiger partial charge in [-0.3, -0.25) is 0 Å². The van der Waals surface area contributed by atoms with Gasteiger partial charge in [0.15, 0.2) is 23.7 Å². The SMILES string of the molecule is COc1ccc(S(=O)(=O)N(CC(C)C)C[C@@H](O)[C@H](Cc2cc(F)c(F)c(F)c2)NC(=O)OC2CC3CC4C(OCC24)O3)cc1. The molecule has 14 heteroatoms. The number of rotatable bonds is 12. The number of aliphatic hydroxyl groups excluding tert-OH is 1. The van der Waals surface area contributed by atoms with E-state index in [2.05, 4.69) is 5.32 Å². The van der Waals surface area contributed by atoms with Crippen LogP contribution in [-0.4, -0.2) is 81.4 Å². The summed E-state index contributed by atoms with van der Waals surface area (Å²) in [5.41, 5.74) is -0.0599. The second-order valence-electron chi connectivity index (χ2n) is 12.0. The first-order valence-electron chi connectivity index (χ1n) is 14.6. The van der Waals surface area contributed by atoms with Crippen molar-refractivity contribution in [2.24, 2.45) is 17.8 Å². The minimum atomic E-state index is -4.13. The average Bonchev–Trinajstić information content (AvgIpc) is 3.52. The summed E-state index contributed by atoms with van der Waals surface area (Å²) in [5.74, 6) is -4.18. The van der Waals surface area contributed by atoms with Crippen molar-refractivity contribution >= 4 is 16.1 Å². The Labute approximate surface area is 254 Å². The molecule has 1 saturated carbocycles. The molecule has 1 aliphatic carbocycles. The number of fused-ring (bicyclic) bond motifs is 1. The molecule has 2 aliphatic heterocycles. The van der Waals surface area contributed by atoms with Gasteiger partial charge < -0.3 is 29.4 Å². The van der Waals surface area contributed by atoms with E-state index < -0.39 is 58.4 Å². The highest BCUT2D eigenvalue weighted by atomic mass is 32.2. The van der Waals surface area contributed by atoms with Crippen molar-refractivity contribution in [1.29, 1.82) is 0 Å². The summed E-state index contributed by atoms with van der Waals surface area (Å²) in [5, 5.41) is 14.0. The Morgan fingerprint density at radius 3 is 2.41 bits per heavy atom. The van der Waals surface area contributed by atoms with E-state index >= 15 is 0 Å². The molecule has 0 radical (unpaired) electrons. The lowest BCUT2D eigenvalue weighted by molar-refractivity contribution is -0.130. The summed E-state index contributed by atoms with van der Waals surface area (Å²) >= 11 is 0. The largest absolute Gasteiger partial charge is 0.497 e. The van der Waals surface area contributed by atoms with E-state index in [4.69, 9.17) is 18.9 Å². The molecule has 2 saturated heterocycles. The first kappa shape index (κ1) is 32.5. The van der Waals surface area contributed by atoms with Gasteiger partial charge in [0.25, 0.3) is 0 Å². The summed E-state index contributed by atoms with van der Waals surface area (Å²) in [6.45, 7) is 3.53. The van der Waals surface area contributed by atoms with Gasteiger partial charge >= 0.3 is 6.09 Å². The number of sulfonamides is 1. The number of hydrogen-bond donors (Lipinski definition) is 2. The second-order valence-corrected chi connectivity index (χ2v) is 13.9. The van der Waals surface area contributed by atoms with Gasteiger partial charge in [-0.2, -0.15) is 4.31 Å². The Balaban J connectivity index is 1.36. The molecule has 44 heavy (non-hydrogen) atoms. The maximum absolute atomic E-state index is 14.1. The molecular formula is C30H37F3N2O8S. The Hall–Kier alpha value is -2.91. The molecule has 3 aliphatic rings. The van der Waals surface area contributed by atoms with Crippen molar-refractivity contribution < 1.29 is 50.4 Å². The Kier molecular flexibility index (Phi) is 9.75. The molecule has 10 nitrogen and oxygen atoms in total. The topological polar surface area (TPSA) is 124 Å². The predicted octanol–water partition coefficient (Wildman–Crippen LogP) is 3.61. The number of nitrogens with one attached hydrogen (secondary N) is 1. The van der Waals surface area contributed by atoms with Gasteiger partial charge in [0, 0.05) is 31.3 Å². The molecule has 3 fully saturated rings. The third kappa shape index (κ3) is 6.99. The highest BCUT2D eigenvalue weighted by molar-refractivity contribution is 7.89. The van der Waals surface area contributed by atoms with Crippen LogP contribution >= 0.6 is 0 Å². The van der Waals surface area contributed by atoms with E-state index in [-0.39, 0.29) is 53.6 Å². The second kappa shape index (κ2) is 13.2. The van der Waals surface area contributed by atoms with E-state index in [0.717, 1.165) is 22.9 Å². The van der Waals surface area contributed by atoms with Crippen molar-refractivity contribution in [3.63, 3.8) is 0 Å². The van der Waals surface area contributed by atoms with Crippen LogP contribution in [0.15, 0.2) is 41.3 Å². The highest BCUT2D eigenvalue weighted by Crippen LogP contribution is 2.47. The number of benzene rings is 2. The monoisotopic (exact) mass is 642 g/mol. The maximum atomic E-state index is 14.1. The number of carbonyl (C=O) groups is 1. The molecule has 2 aromatic carbocycles. The minimum absolute atomic E-state index is 0.0239. The minimum Gasteiger partial charge on any atom is -0.497 e. The van der Waals surface area contributed by atoms with Crippen molar-refractivity contribution in [2.45, 2.75) is 68.6 Å². The van der Waals surface area contributed by atoms with Gasteiger partial charge in [0.05, 0.1) is 36.9 Å². The van der Waals surface area contributed by atoms with Gasteiger partial charge in [0.2, 0.25) is 10.0 Å². The number of ether oxygens (including phenoxy) is 4. The van der Waals surface area contributed by atoms with Crippen molar-refractivity contribution in [1.82, 2.24) is 9.62 Å². The third-order valence-electron chi connectivity index (χ3n) is 8.37. The lowest BCUT2D eigenvalue weighted by atomic mass is 9.79. The fraction of sp³-hybridized carbons (Fsp3) is 0.567. The predicted molar refractivity (Wildman–Crippen MR) is 151 cm³/mol. The van der Waals surface area contributed by atoms with E-state index in [1.165, 1.54) is 31.4 Å². The number of alkyl carbamates (subject to hydrolysis) is 1. The molecule has 2 heterocycles. The molecule has 5 unspecified atom stereocenters. The highest BCUT2D eigenvalue weighted by Gasteiger charge is 2.54. The summed E-state index contributed by atoms with van der Waals surface area (Å²) in [6, 6.07) is 6.00. The summed E-state index contributed by atoms with van der Waals surface area (Å²) < 4.78 is 92.5. The Morgan fingerprint density at radius 1 is 1.09 bits per heavy atom. The number of hydrogen-bond acceptors (Lipinski definition) is 8. The molecule has 1 amide bonds. The standard InChI is InChI=1S/C30H37F3N2O8S/c1-16(2)13-35(44(38,39)20-6-4-18(40-3)5-7-20)14-26(36)25(10-17-8-23(31)28(33)24(32)9-17)34-30(37)43-27-12-19-11-21-22(27)15-41-29(21)42-19/h4-9,16,19,21-22,25-27,29,36H,10-15H2,1-3H3,(H,34,37)/t19?,21?,22?,25-,26+,27?,29?/m0/s1. The van der Waals surface area contributed by atoms with Crippen molar-refractivity contribution in [2.75, 3.05) is 26.8 Å². The molecule has 0 spiro atoms. The molecule has 5 rings (SSSR count). The molecule has 0 aromatic heterocycles. The van der Waals surface area contributed by atoms with E-state index in [1.807, 2.05) is 0 Å². The first-order valence-corrected chi connectivity index (χ1v) is 16.0.